The van der Waals surface area contributed by atoms with Crippen LogP contribution in [0.15, 0.2) is 39.7 Å². The van der Waals surface area contributed by atoms with Gasteiger partial charge in [0.1, 0.15) is 5.58 Å². The molecule has 2 aliphatic rings. The highest BCUT2D eigenvalue weighted by atomic mass is 16.3. The minimum atomic E-state index is -0.328. The van der Waals surface area contributed by atoms with Crippen LogP contribution < -0.4 is 5.43 Å². The molecule has 1 aromatic carbocycles. The van der Waals surface area contributed by atoms with Gasteiger partial charge in [0.25, 0.3) is 5.91 Å². The smallest absolute Gasteiger partial charge is 0.254 e. The number of piperidine rings is 1. The minimum Gasteiger partial charge on any atom is -0.464 e. The van der Waals surface area contributed by atoms with Gasteiger partial charge in [-0.1, -0.05) is 6.92 Å². The Morgan fingerprint density at radius 3 is 2.96 bits per heavy atom. The molecule has 2 fully saturated rings. The van der Waals surface area contributed by atoms with Crippen molar-refractivity contribution >= 4 is 16.9 Å². The van der Waals surface area contributed by atoms with Crippen LogP contribution in [0.5, 0.6) is 0 Å². The summed E-state index contributed by atoms with van der Waals surface area (Å²) >= 11 is 0. The van der Waals surface area contributed by atoms with E-state index in [1.165, 1.54) is 12.3 Å². The molecular formula is C18H19NO4. The zero-order valence-corrected chi connectivity index (χ0v) is 12.9. The predicted molar refractivity (Wildman–Crippen MR) is 85.3 cm³/mol. The molecule has 5 nitrogen and oxygen atoms in total. The largest absolute Gasteiger partial charge is 0.464 e. The van der Waals surface area contributed by atoms with E-state index in [0.717, 1.165) is 12.8 Å². The monoisotopic (exact) mass is 313 g/mol. The van der Waals surface area contributed by atoms with Crippen molar-refractivity contribution in [2.24, 2.45) is 5.92 Å². The standard InChI is InChI=1S/C18H19NO4/c1-10-14-5-3-12(9-16(10)21)19(14)18(22)11-2-4-13-15(20)6-7-23-17(13)8-11/h2,4,6-8,10,12,14,16,21H,3,5,9H2,1H3. The van der Waals surface area contributed by atoms with Crippen LogP contribution in [-0.4, -0.2) is 34.1 Å². The van der Waals surface area contributed by atoms with Crippen molar-refractivity contribution in [2.45, 2.75) is 44.4 Å². The van der Waals surface area contributed by atoms with Crippen molar-refractivity contribution in [2.75, 3.05) is 0 Å². The molecule has 1 N–H and O–H groups in total. The summed E-state index contributed by atoms with van der Waals surface area (Å²) in [5.41, 5.74) is 0.855. The molecule has 23 heavy (non-hydrogen) atoms. The molecule has 2 aromatic rings. The van der Waals surface area contributed by atoms with Crippen molar-refractivity contribution in [3.8, 4) is 0 Å². The van der Waals surface area contributed by atoms with Crippen LogP contribution >= 0.6 is 0 Å². The van der Waals surface area contributed by atoms with Crippen molar-refractivity contribution < 1.29 is 14.3 Å². The van der Waals surface area contributed by atoms with Gasteiger partial charge < -0.3 is 14.4 Å². The summed E-state index contributed by atoms with van der Waals surface area (Å²) in [6.07, 6.45) is 3.55. The third-order valence-corrected chi connectivity index (χ3v) is 5.42. The van der Waals surface area contributed by atoms with E-state index in [1.54, 1.807) is 18.2 Å². The van der Waals surface area contributed by atoms with E-state index < -0.39 is 0 Å². The molecule has 4 rings (SSSR count). The predicted octanol–water partition coefficient (Wildman–Crippen LogP) is 2.17. The van der Waals surface area contributed by atoms with Crippen LogP contribution in [0.2, 0.25) is 0 Å². The van der Waals surface area contributed by atoms with Crippen molar-refractivity contribution in [1.29, 1.82) is 0 Å². The number of hydrogen-bond acceptors (Lipinski definition) is 4. The second-order valence-corrected chi connectivity index (χ2v) is 6.67. The highest BCUT2D eigenvalue weighted by Crippen LogP contribution is 2.40. The average molecular weight is 313 g/mol. The Hall–Kier alpha value is -2.14. The maximum Gasteiger partial charge on any atom is 0.254 e. The van der Waals surface area contributed by atoms with Gasteiger partial charge in [-0.2, -0.15) is 0 Å². The normalized spacial score (nSPS) is 29.9. The Bertz CT molecular complexity index is 827. The number of nitrogens with zero attached hydrogens (tertiary/aromatic N) is 1. The van der Waals surface area contributed by atoms with Gasteiger partial charge in [-0.25, -0.2) is 0 Å². The molecule has 0 aliphatic carbocycles. The number of rotatable bonds is 1. The molecule has 5 heteroatoms. The summed E-state index contributed by atoms with van der Waals surface area (Å²) in [5.74, 6) is 0.0562. The summed E-state index contributed by atoms with van der Waals surface area (Å²) in [7, 11) is 0. The van der Waals surface area contributed by atoms with Crippen molar-refractivity contribution in [3.05, 3.63) is 46.3 Å². The molecule has 2 aliphatic heterocycles. The van der Waals surface area contributed by atoms with Gasteiger partial charge >= 0.3 is 0 Å². The van der Waals surface area contributed by atoms with Crippen LogP contribution in [0.25, 0.3) is 11.0 Å². The second-order valence-electron chi connectivity index (χ2n) is 6.67. The number of amides is 1. The first-order valence-electron chi connectivity index (χ1n) is 8.08. The Kier molecular flexibility index (Phi) is 3.27. The number of hydrogen-bond donors (Lipinski definition) is 1. The van der Waals surface area contributed by atoms with E-state index in [1.807, 2.05) is 11.8 Å². The van der Waals surface area contributed by atoms with E-state index in [4.69, 9.17) is 4.42 Å². The van der Waals surface area contributed by atoms with E-state index >= 15 is 0 Å². The molecule has 4 atom stereocenters. The Labute approximate surface area is 133 Å². The van der Waals surface area contributed by atoms with E-state index in [9.17, 15) is 14.7 Å². The summed E-state index contributed by atoms with van der Waals surface area (Å²) in [5, 5.41) is 10.6. The lowest BCUT2D eigenvalue weighted by molar-refractivity contribution is -0.00438. The summed E-state index contributed by atoms with van der Waals surface area (Å²) in [6.45, 7) is 2.01. The molecule has 0 spiro atoms. The summed E-state index contributed by atoms with van der Waals surface area (Å²) < 4.78 is 5.37. The highest BCUT2D eigenvalue weighted by Gasteiger charge is 2.47. The first-order valence-corrected chi connectivity index (χ1v) is 8.08. The first-order chi connectivity index (χ1) is 11.1. The SMILES string of the molecule is CC1C(O)CC2CCC1N2C(=O)c1ccc2c(=O)ccoc2c1. The number of aliphatic hydroxyl groups is 1. The fourth-order valence-electron chi connectivity index (χ4n) is 4.09. The van der Waals surface area contributed by atoms with Crippen LogP contribution in [0.1, 0.15) is 36.5 Å². The third kappa shape index (κ3) is 2.18. The third-order valence-electron chi connectivity index (χ3n) is 5.42. The molecule has 1 aromatic heterocycles. The Morgan fingerprint density at radius 2 is 2.13 bits per heavy atom. The fourth-order valence-corrected chi connectivity index (χ4v) is 4.09. The maximum atomic E-state index is 13.0. The molecule has 3 heterocycles. The van der Waals surface area contributed by atoms with E-state index in [0.29, 0.717) is 23.0 Å². The molecule has 0 radical (unpaired) electrons. The minimum absolute atomic E-state index is 0.0374. The quantitative estimate of drug-likeness (QED) is 0.876. The van der Waals surface area contributed by atoms with Crippen molar-refractivity contribution in [1.82, 2.24) is 4.90 Å². The molecular weight excluding hydrogens is 294 g/mol. The first kappa shape index (κ1) is 14.5. The topological polar surface area (TPSA) is 70.8 Å². The van der Waals surface area contributed by atoms with Gasteiger partial charge in [-0.05, 0) is 37.5 Å². The summed E-state index contributed by atoms with van der Waals surface area (Å²) in [4.78, 5) is 26.7. The lowest BCUT2D eigenvalue weighted by Gasteiger charge is -2.41. The molecule has 4 unspecified atom stereocenters. The number of carbonyl (C=O) groups is 1. The molecule has 2 bridgehead atoms. The Balaban J connectivity index is 1.71. The van der Waals surface area contributed by atoms with Gasteiger partial charge in [0.15, 0.2) is 5.43 Å². The number of fused-ring (bicyclic) bond motifs is 3. The van der Waals surface area contributed by atoms with Crippen LogP contribution in [-0.2, 0) is 0 Å². The molecule has 2 saturated heterocycles. The van der Waals surface area contributed by atoms with Gasteiger partial charge in [-0.3, -0.25) is 9.59 Å². The fraction of sp³-hybridized carbons (Fsp3) is 0.444. The van der Waals surface area contributed by atoms with E-state index in [-0.39, 0.29) is 35.4 Å². The number of carbonyl (C=O) groups excluding carboxylic acids is 1. The Morgan fingerprint density at radius 1 is 1.30 bits per heavy atom. The second kappa shape index (κ2) is 5.20. The average Bonchev–Trinajstić information content (AvgIpc) is 2.90. The summed E-state index contributed by atoms with van der Waals surface area (Å²) in [6, 6.07) is 6.56. The number of aliphatic hydroxyl groups excluding tert-OH is 1. The van der Waals surface area contributed by atoms with Gasteiger partial charge in [0, 0.05) is 29.6 Å². The van der Waals surface area contributed by atoms with Crippen molar-refractivity contribution in [3.63, 3.8) is 0 Å². The zero-order valence-electron chi connectivity index (χ0n) is 12.9. The van der Waals surface area contributed by atoms with Gasteiger partial charge in [0.05, 0.1) is 17.8 Å². The van der Waals surface area contributed by atoms with Crippen LogP contribution in [0.4, 0.5) is 0 Å². The van der Waals surface area contributed by atoms with Gasteiger partial charge in [-0.15, -0.1) is 0 Å². The lowest BCUT2D eigenvalue weighted by atomic mass is 9.88. The zero-order chi connectivity index (χ0) is 16.1. The molecule has 120 valence electrons. The van der Waals surface area contributed by atoms with E-state index in [2.05, 4.69) is 0 Å². The van der Waals surface area contributed by atoms with Crippen LogP contribution in [0.3, 0.4) is 0 Å². The highest BCUT2D eigenvalue weighted by molar-refractivity contribution is 5.98. The molecule has 1 amide bonds. The van der Waals surface area contributed by atoms with Crippen LogP contribution in [0, 0.1) is 5.92 Å². The maximum absolute atomic E-state index is 13.0. The molecule has 0 saturated carbocycles. The van der Waals surface area contributed by atoms with Gasteiger partial charge in [0.2, 0.25) is 0 Å². The lowest BCUT2D eigenvalue weighted by Crippen LogP contribution is -2.52. The number of benzene rings is 1.